The first kappa shape index (κ1) is 18.1. The van der Waals surface area contributed by atoms with Gasteiger partial charge in [-0.05, 0) is 24.0 Å². The Morgan fingerprint density at radius 2 is 2.07 bits per heavy atom. The molecule has 3 aliphatic heterocycles. The van der Waals surface area contributed by atoms with Crippen molar-refractivity contribution < 1.29 is 14.4 Å². The van der Waals surface area contributed by atoms with Crippen LogP contribution in [0.1, 0.15) is 47.7 Å². The number of hydrogen-bond donors (Lipinski definition) is 2. The summed E-state index contributed by atoms with van der Waals surface area (Å²) in [4.78, 5) is 40.8. The number of piperidine rings is 1. The summed E-state index contributed by atoms with van der Waals surface area (Å²) >= 11 is 0. The molecule has 4 rings (SSSR count). The average molecular weight is 370 g/mol. The van der Waals surface area contributed by atoms with Crippen molar-refractivity contribution >= 4 is 17.7 Å². The van der Waals surface area contributed by atoms with Crippen molar-refractivity contribution in [3.05, 3.63) is 34.9 Å². The monoisotopic (exact) mass is 370 g/mol. The Balaban J connectivity index is 1.53. The molecule has 7 heteroatoms. The molecule has 3 amide bonds. The van der Waals surface area contributed by atoms with E-state index in [0.29, 0.717) is 19.0 Å². The van der Waals surface area contributed by atoms with Gasteiger partial charge in [0.25, 0.3) is 5.91 Å². The highest BCUT2D eigenvalue weighted by molar-refractivity contribution is 6.05. The molecular formula is C20H26N4O3. The van der Waals surface area contributed by atoms with Crippen LogP contribution in [0, 0.1) is 0 Å². The van der Waals surface area contributed by atoms with Gasteiger partial charge < -0.3 is 10.2 Å². The lowest BCUT2D eigenvalue weighted by Gasteiger charge is -2.33. The number of benzene rings is 1. The fourth-order valence-electron chi connectivity index (χ4n) is 4.37. The molecule has 3 aliphatic rings. The second-order valence-electron chi connectivity index (χ2n) is 7.65. The Kier molecular flexibility index (Phi) is 4.97. The number of nitrogens with one attached hydrogen (secondary N) is 2. The predicted octanol–water partition coefficient (Wildman–Crippen LogP) is 0.631. The second-order valence-corrected chi connectivity index (χ2v) is 7.65. The molecule has 2 saturated heterocycles. The largest absolute Gasteiger partial charge is 0.322 e. The Bertz CT molecular complexity index is 778. The van der Waals surface area contributed by atoms with Crippen LogP contribution in [-0.2, 0) is 22.7 Å². The van der Waals surface area contributed by atoms with Crippen molar-refractivity contribution in [2.45, 2.75) is 51.4 Å². The number of amides is 3. The molecule has 0 saturated carbocycles. The molecule has 144 valence electrons. The van der Waals surface area contributed by atoms with E-state index in [1.165, 1.54) is 0 Å². The quantitative estimate of drug-likeness (QED) is 0.760. The molecule has 3 heterocycles. The van der Waals surface area contributed by atoms with Gasteiger partial charge in [0.05, 0.1) is 0 Å². The van der Waals surface area contributed by atoms with Gasteiger partial charge in [-0.1, -0.05) is 25.1 Å². The maximum Gasteiger partial charge on any atom is 0.255 e. The molecule has 2 atom stereocenters. The predicted molar refractivity (Wildman–Crippen MR) is 99.8 cm³/mol. The van der Waals surface area contributed by atoms with E-state index in [-0.39, 0.29) is 24.1 Å². The summed E-state index contributed by atoms with van der Waals surface area (Å²) in [6, 6.07) is 5.92. The van der Waals surface area contributed by atoms with E-state index in [4.69, 9.17) is 0 Å². The molecular weight excluding hydrogens is 344 g/mol. The number of imide groups is 1. The van der Waals surface area contributed by atoms with E-state index in [1.807, 2.05) is 18.2 Å². The van der Waals surface area contributed by atoms with E-state index in [9.17, 15) is 14.4 Å². The molecule has 7 nitrogen and oxygen atoms in total. The topological polar surface area (TPSA) is 81.8 Å². The van der Waals surface area contributed by atoms with Crippen molar-refractivity contribution in [3.8, 4) is 0 Å². The highest BCUT2D eigenvalue weighted by Gasteiger charge is 2.40. The standard InChI is InChI=1S/C20H26N4O3/c1-2-15-12-23(9-8-21-15)10-13-4-3-5-14-11-24(20(27)18(13)14)16-6-7-17(25)22-19(16)26/h3-5,15-16,21H,2,6-12H2,1H3,(H,22,25,26). The number of rotatable bonds is 4. The Morgan fingerprint density at radius 1 is 1.22 bits per heavy atom. The number of nitrogens with zero attached hydrogens (tertiary/aromatic N) is 2. The molecule has 0 aliphatic carbocycles. The molecule has 1 aromatic carbocycles. The molecule has 1 aromatic rings. The lowest BCUT2D eigenvalue weighted by atomic mass is 10.0. The fourth-order valence-corrected chi connectivity index (χ4v) is 4.37. The van der Waals surface area contributed by atoms with E-state index < -0.39 is 6.04 Å². The summed E-state index contributed by atoms with van der Waals surface area (Å²) in [6.07, 6.45) is 1.77. The first-order valence-electron chi connectivity index (χ1n) is 9.78. The summed E-state index contributed by atoms with van der Waals surface area (Å²) in [6.45, 7) is 6.27. The van der Waals surface area contributed by atoms with Crippen LogP contribution in [0.15, 0.2) is 18.2 Å². The van der Waals surface area contributed by atoms with Crippen LogP contribution in [-0.4, -0.2) is 59.2 Å². The third-order valence-corrected chi connectivity index (χ3v) is 5.87. The van der Waals surface area contributed by atoms with Gasteiger partial charge in [0.15, 0.2) is 0 Å². The summed E-state index contributed by atoms with van der Waals surface area (Å²) in [7, 11) is 0. The smallest absolute Gasteiger partial charge is 0.255 e. The highest BCUT2D eigenvalue weighted by atomic mass is 16.2. The van der Waals surface area contributed by atoms with Crippen molar-refractivity contribution in [2.24, 2.45) is 0 Å². The second kappa shape index (κ2) is 7.40. The Hall–Kier alpha value is -2.25. The molecule has 2 unspecified atom stereocenters. The van der Waals surface area contributed by atoms with E-state index in [1.54, 1.807) is 4.90 Å². The van der Waals surface area contributed by atoms with Crippen molar-refractivity contribution in [1.29, 1.82) is 0 Å². The molecule has 0 aromatic heterocycles. The van der Waals surface area contributed by atoms with Gasteiger partial charge >= 0.3 is 0 Å². The van der Waals surface area contributed by atoms with Crippen molar-refractivity contribution in [3.63, 3.8) is 0 Å². The van der Waals surface area contributed by atoms with Gasteiger partial charge in [-0.3, -0.25) is 24.6 Å². The van der Waals surface area contributed by atoms with Gasteiger partial charge in [0.2, 0.25) is 11.8 Å². The Morgan fingerprint density at radius 3 is 2.85 bits per heavy atom. The fraction of sp³-hybridized carbons (Fsp3) is 0.550. The van der Waals surface area contributed by atoms with Crippen LogP contribution >= 0.6 is 0 Å². The average Bonchev–Trinajstić information content (AvgIpc) is 2.99. The summed E-state index contributed by atoms with van der Waals surface area (Å²) in [5.41, 5.74) is 2.75. The number of piperazine rings is 1. The van der Waals surface area contributed by atoms with Crippen LogP contribution in [0.25, 0.3) is 0 Å². The Labute approximate surface area is 159 Å². The molecule has 27 heavy (non-hydrogen) atoms. The SMILES string of the molecule is CCC1CN(Cc2cccc3c2C(=O)N(C2CCC(=O)NC2=O)C3)CCN1. The first-order valence-corrected chi connectivity index (χ1v) is 9.78. The van der Waals surface area contributed by atoms with Crippen molar-refractivity contribution in [2.75, 3.05) is 19.6 Å². The van der Waals surface area contributed by atoms with Gasteiger partial charge in [-0.15, -0.1) is 0 Å². The zero-order valence-electron chi connectivity index (χ0n) is 15.7. The maximum atomic E-state index is 13.1. The lowest BCUT2D eigenvalue weighted by Crippen LogP contribution is -2.52. The zero-order chi connectivity index (χ0) is 19.0. The van der Waals surface area contributed by atoms with Crippen LogP contribution in [0.2, 0.25) is 0 Å². The normalized spacial score (nSPS) is 26.3. The molecule has 0 bridgehead atoms. The van der Waals surface area contributed by atoms with E-state index >= 15 is 0 Å². The third kappa shape index (κ3) is 3.49. The molecule has 2 fully saturated rings. The number of hydrogen-bond acceptors (Lipinski definition) is 5. The first-order chi connectivity index (χ1) is 13.1. The van der Waals surface area contributed by atoms with Crippen LogP contribution in [0.3, 0.4) is 0 Å². The minimum absolute atomic E-state index is 0.0859. The number of carbonyl (C=O) groups excluding carboxylic acids is 3. The van der Waals surface area contributed by atoms with Gasteiger partial charge in [-0.25, -0.2) is 0 Å². The minimum atomic E-state index is -0.556. The molecule has 2 N–H and O–H groups in total. The zero-order valence-corrected chi connectivity index (χ0v) is 15.7. The summed E-state index contributed by atoms with van der Waals surface area (Å²) in [5, 5.41) is 5.87. The van der Waals surface area contributed by atoms with Crippen LogP contribution in [0.4, 0.5) is 0 Å². The summed E-state index contributed by atoms with van der Waals surface area (Å²) in [5.74, 6) is -0.704. The minimum Gasteiger partial charge on any atom is -0.322 e. The summed E-state index contributed by atoms with van der Waals surface area (Å²) < 4.78 is 0. The van der Waals surface area contributed by atoms with Gasteiger partial charge in [0, 0.05) is 50.7 Å². The van der Waals surface area contributed by atoms with Crippen LogP contribution in [0.5, 0.6) is 0 Å². The van der Waals surface area contributed by atoms with E-state index in [0.717, 1.165) is 49.3 Å². The van der Waals surface area contributed by atoms with Crippen LogP contribution < -0.4 is 10.6 Å². The molecule has 0 spiro atoms. The lowest BCUT2D eigenvalue weighted by molar-refractivity contribution is -0.136. The third-order valence-electron chi connectivity index (χ3n) is 5.87. The maximum absolute atomic E-state index is 13.1. The number of fused-ring (bicyclic) bond motifs is 1. The van der Waals surface area contributed by atoms with E-state index in [2.05, 4.69) is 22.5 Å². The van der Waals surface area contributed by atoms with Gasteiger partial charge in [-0.2, -0.15) is 0 Å². The van der Waals surface area contributed by atoms with Gasteiger partial charge in [0.1, 0.15) is 6.04 Å². The van der Waals surface area contributed by atoms with Crippen molar-refractivity contribution in [1.82, 2.24) is 20.4 Å². The number of carbonyl (C=O) groups is 3. The highest BCUT2D eigenvalue weighted by Crippen LogP contribution is 2.30. The molecule has 0 radical (unpaired) electrons.